The Hall–Kier alpha value is -2.08. The molecular formula is C14H11F4NO. The van der Waals surface area contributed by atoms with Crippen molar-refractivity contribution in [2.24, 2.45) is 0 Å². The zero-order valence-corrected chi connectivity index (χ0v) is 10.2. The first-order valence-electron chi connectivity index (χ1n) is 5.80. The van der Waals surface area contributed by atoms with E-state index in [1.54, 1.807) is 0 Å². The maximum atomic E-state index is 13.4. The molecule has 0 radical (unpaired) electrons. The van der Waals surface area contributed by atoms with Crippen molar-refractivity contribution < 1.29 is 22.7 Å². The lowest BCUT2D eigenvalue weighted by Gasteiger charge is -2.15. The van der Waals surface area contributed by atoms with Gasteiger partial charge in [0.25, 0.3) is 0 Å². The highest BCUT2D eigenvalue weighted by atomic mass is 19.1. The molecule has 106 valence electrons. The molecule has 0 saturated heterocycles. The summed E-state index contributed by atoms with van der Waals surface area (Å²) < 4.78 is 53.1. The number of hydrogen-bond acceptors (Lipinski definition) is 2. The van der Waals surface area contributed by atoms with Crippen LogP contribution in [0.25, 0.3) is 0 Å². The van der Waals surface area contributed by atoms with E-state index in [0.717, 1.165) is 30.3 Å². The fourth-order valence-corrected chi connectivity index (χ4v) is 1.77. The summed E-state index contributed by atoms with van der Waals surface area (Å²) >= 11 is 0. The van der Waals surface area contributed by atoms with Gasteiger partial charge in [-0.25, -0.2) is 17.6 Å². The summed E-state index contributed by atoms with van der Waals surface area (Å²) in [6.07, 6.45) is -1.53. The summed E-state index contributed by atoms with van der Waals surface area (Å²) in [6.45, 7) is -0.363. The van der Waals surface area contributed by atoms with Crippen LogP contribution in [0.5, 0.6) is 0 Å². The van der Waals surface area contributed by atoms with Gasteiger partial charge in [0.05, 0.1) is 11.3 Å². The summed E-state index contributed by atoms with van der Waals surface area (Å²) in [7, 11) is 0. The smallest absolute Gasteiger partial charge is 0.146 e. The first kappa shape index (κ1) is 14.3. The second-order valence-corrected chi connectivity index (χ2v) is 4.16. The van der Waals surface area contributed by atoms with Crippen LogP contribution >= 0.6 is 0 Å². The lowest BCUT2D eigenvalue weighted by Crippen LogP contribution is -2.15. The second-order valence-electron chi connectivity index (χ2n) is 4.16. The molecule has 1 atom stereocenters. The first-order valence-corrected chi connectivity index (χ1v) is 5.80. The highest BCUT2D eigenvalue weighted by molar-refractivity contribution is 5.45. The maximum absolute atomic E-state index is 13.4. The van der Waals surface area contributed by atoms with Gasteiger partial charge in [0.15, 0.2) is 0 Å². The molecule has 0 aliphatic rings. The van der Waals surface area contributed by atoms with Gasteiger partial charge in [-0.2, -0.15) is 0 Å². The van der Waals surface area contributed by atoms with Gasteiger partial charge in [0.2, 0.25) is 0 Å². The van der Waals surface area contributed by atoms with Crippen molar-refractivity contribution in [1.29, 1.82) is 0 Å². The Morgan fingerprint density at radius 1 is 0.950 bits per heavy atom. The molecule has 0 fully saturated rings. The van der Waals surface area contributed by atoms with Gasteiger partial charge >= 0.3 is 0 Å². The molecule has 2 nitrogen and oxygen atoms in total. The summed E-state index contributed by atoms with van der Waals surface area (Å²) in [6, 6.07) is 5.91. The van der Waals surface area contributed by atoms with Crippen LogP contribution in [0.3, 0.4) is 0 Å². The fraction of sp³-hybridized carbons (Fsp3) is 0.143. The van der Waals surface area contributed by atoms with Gasteiger partial charge in [0.1, 0.15) is 29.4 Å². The Kier molecular flexibility index (Phi) is 4.24. The van der Waals surface area contributed by atoms with Gasteiger partial charge in [0, 0.05) is 6.54 Å². The molecule has 0 saturated carbocycles. The van der Waals surface area contributed by atoms with Crippen molar-refractivity contribution in [1.82, 2.24) is 0 Å². The molecule has 1 unspecified atom stereocenters. The normalized spacial score (nSPS) is 12.2. The van der Waals surface area contributed by atoms with Crippen LogP contribution in [0.4, 0.5) is 23.2 Å². The third kappa shape index (κ3) is 3.08. The number of aliphatic hydroxyl groups is 1. The van der Waals surface area contributed by atoms with Gasteiger partial charge in [-0.15, -0.1) is 0 Å². The van der Waals surface area contributed by atoms with E-state index in [9.17, 15) is 22.7 Å². The monoisotopic (exact) mass is 285 g/mol. The van der Waals surface area contributed by atoms with Crippen molar-refractivity contribution in [2.45, 2.75) is 6.10 Å². The maximum Gasteiger partial charge on any atom is 0.146 e. The third-order valence-electron chi connectivity index (χ3n) is 2.75. The second kappa shape index (κ2) is 5.92. The molecular weight excluding hydrogens is 274 g/mol. The highest BCUT2D eigenvalue weighted by Crippen LogP contribution is 2.22. The number of hydrogen-bond donors (Lipinski definition) is 2. The van der Waals surface area contributed by atoms with Gasteiger partial charge in [-0.1, -0.05) is 6.07 Å². The molecule has 20 heavy (non-hydrogen) atoms. The zero-order chi connectivity index (χ0) is 14.7. The van der Waals surface area contributed by atoms with E-state index in [4.69, 9.17) is 0 Å². The molecule has 0 spiro atoms. The standard InChI is InChI=1S/C14H11F4NO/c15-8-4-5-9(16)12(6-8)19-7-13(20)14-10(17)2-1-3-11(14)18/h1-6,13,19-20H,7H2. The van der Waals surface area contributed by atoms with E-state index in [1.165, 1.54) is 6.07 Å². The lowest BCUT2D eigenvalue weighted by atomic mass is 10.1. The number of benzene rings is 2. The van der Waals surface area contributed by atoms with Crippen LogP contribution in [0.15, 0.2) is 36.4 Å². The van der Waals surface area contributed by atoms with E-state index >= 15 is 0 Å². The zero-order valence-electron chi connectivity index (χ0n) is 10.2. The molecule has 0 amide bonds. The summed E-state index contributed by atoms with van der Waals surface area (Å²) in [4.78, 5) is 0. The van der Waals surface area contributed by atoms with Crippen LogP contribution in [0, 0.1) is 23.3 Å². The summed E-state index contributed by atoms with van der Waals surface area (Å²) in [5.41, 5.74) is -0.711. The molecule has 0 bridgehead atoms. The molecule has 2 rings (SSSR count). The van der Waals surface area contributed by atoms with Crippen LogP contribution in [-0.4, -0.2) is 11.7 Å². The van der Waals surface area contributed by atoms with Crippen LogP contribution < -0.4 is 5.32 Å². The number of aliphatic hydroxyl groups excluding tert-OH is 1. The Morgan fingerprint density at radius 3 is 2.25 bits per heavy atom. The van der Waals surface area contributed by atoms with E-state index in [2.05, 4.69) is 5.32 Å². The van der Waals surface area contributed by atoms with Crippen molar-refractivity contribution in [2.75, 3.05) is 11.9 Å². The minimum absolute atomic E-state index is 0.194. The molecule has 2 aromatic carbocycles. The highest BCUT2D eigenvalue weighted by Gasteiger charge is 2.18. The quantitative estimate of drug-likeness (QED) is 0.844. The van der Waals surface area contributed by atoms with E-state index in [1.807, 2.05) is 0 Å². The minimum atomic E-state index is -1.53. The molecule has 2 aromatic rings. The lowest BCUT2D eigenvalue weighted by molar-refractivity contribution is 0.181. The Labute approximate surface area is 112 Å². The minimum Gasteiger partial charge on any atom is -0.386 e. The van der Waals surface area contributed by atoms with E-state index in [-0.39, 0.29) is 12.2 Å². The average molecular weight is 285 g/mol. The number of nitrogens with one attached hydrogen (secondary N) is 1. The molecule has 0 aliphatic heterocycles. The molecule has 2 N–H and O–H groups in total. The number of rotatable bonds is 4. The van der Waals surface area contributed by atoms with Gasteiger partial charge in [-0.05, 0) is 30.3 Å². The number of anilines is 1. The molecule has 0 aromatic heterocycles. The predicted molar refractivity (Wildman–Crippen MR) is 66.2 cm³/mol. The van der Waals surface area contributed by atoms with Crippen LogP contribution in [0.1, 0.15) is 11.7 Å². The first-order chi connectivity index (χ1) is 9.49. The van der Waals surface area contributed by atoms with Gasteiger partial charge in [-0.3, -0.25) is 0 Å². The van der Waals surface area contributed by atoms with Crippen molar-refractivity contribution in [3.05, 3.63) is 65.2 Å². The molecule has 6 heteroatoms. The predicted octanol–water partition coefficient (Wildman–Crippen LogP) is 3.39. The fourth-order valence-electron chi connectivity index (χ4n) is 1.77. The van der Waals surface area contributed by atoms with Crippen molar-refractivity contribution >= 4 is 5.69 Å². The summed E-state index contributed by atoms with van der Waals surface area (Å²) in [5.74, 6) is -3.20. The Morgan fingerprint density at radius 2 is 1.60 bits per heavy atom. The third-order valence-corrected chi connectivity index (χ3v) is 2.75. The van der Waals surface area contributed by atoms with Crippen LogP contribution in [-0.2, 0) is 0 Å². The average Bonchev–Trinajstić information content (AvgIpc) is 2.39. The SMILES string of the molecule is OC(CNc1cc(F)ccc1F)c1c(F)cccc1F. The van der Waals surface area contributed by atoms with Crippen LogP contribution in [0.2, 0.25) is 0 Å². The van der Waals surface area contributed by atoms with Crippen molar-refractivity contribution in [3.8, 4) is 0 Å². The summed E-state index contributed by atoms with van der Waals surface area (Å²) in [5, 5.41) is 12.2. The van der Waals surface area contributed by atoms with E-state index < -0.39 is 34.9 Å². The molecule has 0 heterocycles. The van der Waals surface area contributed by atoms with E-state index in [0.29, 0.717) is 0 Å². The number of halogens is 4. The van der Waals surface area contributed by atoms with Gasteiger partial charge < -0.3 is 10.4 Å². The Bertz CT molecular complexity index is 598. The topological polar surface area (TPSA) is 32.3 Å². The Balaban J connectivity index is 2.13. The van der Waals surface area contributed by atoms with Crippen molar-refractivity contribution in [3.63, 3.8) is 0 Å². The molecule has 0 aliphatic carbocycles. The largest absolute Gasteiger partial charge is 0.386 e.